The highest BCUT2D eigenvalue weighted by Gasteiger charge is 2.01. The van der Waals surface area contributed by atoms with Gasteiger partial charge in [-0.2, -0.15) is 0 Å². The average Bonchev–Trinajstić information content (AvgIpc) is 2.17. The Kier molecular flexibility index (Phi) is 4.70. The van der Waals surface area contributed by atoms with E-state index in [0.717, 1.165) is 22.2 Å². The van der Waals surface area contributed by atoms with Gasteiger partial charge in [0.05, 0.1) is 0 Å². The standard InChI is InChI=1S/C11H14BrNO/c1-9(12)8-14-11-5-3-2-4-10(11)6-7-13/h2-5H,1,6-8,13H2. The summed E-state index contributed by atoms with van der Waals surface area (Å²) < 4.78 is 6.38. The Morgan fingerprint density at radius 3 is 2.79 bits per heavy atom. The topological polar surface area (TPSA) is 35.2 Å². The summed E-state index contributed by atoms with van der Waals surface area (Å²) in [5.41, 5.74) is 6.65. The maximum absolute atomic E-state index is 5.55. The Balaban J connectivity index is 2.68. The van der Waals surface area contributed by atoms with Crippen molar-refractivity contribution >= 4 is 15.9 Å². The van der Waals surface area contributed by atoms with Gasteiger partial charge < -0.3 is 10.5 Å². The molecular weight excluding hydrogens is 242 g/mol. The molecule has 1 aromatic carbocycles. The maximum atomic E-state index is 5.55. The van der Waals surface area contributed by atoms with Gasteiger partial charge in [-0.05, 0) is 24.6 Å². The molecule has 3 heteroatoms. The zero-order valence-corrected chi connectivity index (χ0v) is 9.59. The Morgan fingerprint density at radius 2 is 2.14 bits per heavy atom. The molecule has 0 heterocycles. The van der Waals surface area contributed by atoms with Crippen LogP contribution in [0, 0.1) is 0 Å². The SMILES string of the molecule is C=C(Br)COc1ccccc1CCN. The highest BCUT2D eigenvalue weighted by Crippen LogP contribution is 2.19. The second-order valence-electron chi connectivity index (χ2n) is 2.95. The van der Waals surface area contributed by atoms with Crippen molar-refractivity contribution < 1.29 is 4.74 Å². The molecule has 0 aliphatic rings. The van der Waals surface area contributed by atoms with E-state index in [2.05, 4.69) is 22.5 Å². The molecule has 1 aromatic rings. The van der Waals surface area contributed by atoms with E-state index in [1.165, 1.54) is 0 Å². The zero-order chi connectivity index (χ0) is 10.4. The van der Waals surface area contributed by atoms with E-state index >= 15 is 0 Å². The largest absolute Gasteiger partial charge is 0.488 e. The highest BCUT2D eigenvalue weighted by molar-refractivity contribution is 9.11. The van der Waals surface area contributed by atoms with Crippen molar-refractivity contribution in [1.29, 1.82) is 0 Å². The molecular formula is C11H14BrNO. The molecule has 0 aliphatic carbocycles. The fourth-order valence-electron chi connectivity index (χ4n) is 1.16. The lowest BCUT2D eigenvalue weighted by atomic mass is 10.1. The predicted octanol–water partition coefficient (Wildman–Crippen LogP) is 2.48. The van der Waals surface area contributed by atoms with Gasteiger partial charge in [0.15, 0.2) is 0 Å². The Labute approximate surface area is 92.9 Å². The number of halogens is 1. The smallest absolute Gasteiger partial charge is 0.123 e. The van der Waals surface area contributed by atoms with Crippen LogP contribution in [0.1, 0.15) is 5.56 Å². The Hall–Kier alpha value is -0.800. The third kappa shape index (κ3) is 3.52. The Bertz CT molecular complexity index is 312. The molecule has 14 heavy (non-hydrogen) atoms. The van der Waals surface area contributed by atoms with Gasteiger partial charge in [0.2, 0.25) is 0 Å². The number of para-hydroxylation sites is 1. The lowest BCUT2D eigenvalue weighted by Crippen LogP contribution is -2.05. The number of hydrogen-bond donors (Lipinski definition) is 1. The number of nitrogens with two attached hydrogens (primary N) is 1. The number of hydrogen-bond acceptors (Lipinski definition) is 2. The number of benzene rings is 1. The minimum Gasteiger partial charge on any atom is -0.488 e. The van der Waals surface area contributed by atoms with Crippen LogP contribution in [0.15, 0.2) is 35.3 Å². The van der Waals surface area contributed by atoms with Crippen molar-refractivity contribution in [2.45, 2.75) is 6.42 Å². The van der Waals surface area contributed by atoms with Gasteiger partial charge in [0.25, 0.3) is 0 Å². The summed E-state index contributed by atoms with van der Waals surface area (Å²) in [6.45, 7) is 4.84. The monoisotopic (exact) mass is 255 g/mol. The molecule has 2 nitrogen and oxygen atoms in total. The first kappa shape index (κ1) is 11.3. The normalized spacial score (nSPS) is 9.86. The molecule has 1 rings (SSSR count). The van der Waals surface area contributed by atoms with Crippen LogP contribution in [-0.4, -0.2) is 13.2 Å². The van der Waals surface area contributed by atoms with Gasteiger partial charge in [-0.1, -0.05) is 40.7 Å². The molecule has 0 fully saturated rings. The van der Waals surface area contributed by atoms with E-state index in [4.69, 9.17) is 10.5 Å². The molecule has 0 spiro atoms. The first-order valence-corrected chi connectivity index (χ1v) is 5.27. The van der Waals surface area contributed by atoms with Crippen LogP contribution in [-0.2, 0) is 6.42 Å². The minimum atomic E-state index is 0.488. The summed E-state index contributed by atoms with van der Waals surface area (Å²) >= 11 is 3.25. The van der Waals surface area contributed by atoms with Crippen molar-refractivity contribution in [2.24, 2.45) is 5.73 Å². The first-order chi connectivity index (χ1) is 6.74. The van der Waals surface area contributed by atoms with Gasteiger partial charge in [0.1, 0.15) is 12.4 Å². The van der Waals surface area contributed by atoms with Crippen LogP contribution in [0.4, 0.5) is 0 Å². The van der Waals surface area contributed by atoms with Gasteiger partial charge >= 0.3 is 0 Å². The summed E-state index contributed by atoms with van der Waals surface area (Å²) in [7, 11) is 0. The molecule has 0 saturated carbocycles. The van der Waals surface area contributed by atoms with E-state index in [-0.39, 0.29) is 0 Å². The van der Waals surface area contributed by atoms with Gasteiger partial charge in [-0.3, -0.25) is 0 Å². The van der Waals surface area contributed by atoms with Crippen LogP contribution >= 0.6 is 15.9 Å². The van der Waals surface area contributed by atoms with E-state index in [1.54, 1.807) is 0 Å². The summed E-state index contributed by atoms with van der Waals surface area (Å²) in [5.74, 6) is 0.888. The molecule has 0 aromatic heterocycles. The number of rotatable bonds is 5. The average molecular weight is 256 g/mol. The molecule has 0 amide bonds. The van der Waals surface area contributed by atoms with Crippen LogP contribution < -0.4 is 10.5 Å². The molecule has 76 valence electrons. The fourth-order valence-corrected chi connectivity index (χ4v) is 1.28. The minimum absolute atomic E-state index is 0.488. The van der Waals surface area contributed by atoms with Crippen molar-refractivity contribution in [3.05, 3.63) is 40.9 Å². The zero-order valence-electron chi connectivity index (χ0n) is 8.00. The lowest BCUT2D eigenvalue weighted by Gasteiger charge is -2.09. The van der Waals surface area contributed by atoms with Crippen molar-refractivity contribution in [3.63, 3.8) is 0 Å². The molecule has 0 saturated heterocycles. The van der Waals surface area contributed by atoms with Crippen molar-refractivity contribution in [1.82, 2.24) is 0 Å². The van der Waals surface area contributed by atoms with Crippen LogP contribution in [0.3, 0.4) is 0 Å². The van der Waals surface area contributed by atoms with Crippen LogP contribution in [0.2, 0.25) is 0 Å². The predicted molar refractivity (Wildman–Crippen MR) is 62.8 cm³/mol. The number of ether oxygens (including phenoxy) is 1. The van der Waals surface area contributed by atoms with E-state index in [0.29, 0.717) is 13.2 Å². The van der Waals surface area contributed by atoms with E-state index in [1.807, 2.05) is 24.3 Å². The highest BCUT2D eigenvalue weighted by atomic mass is 79.9. The lowest BCUT2D eigenvalue weighted by molar-refractivity contribution is 0.357. The fraction of sp³-hybridized carbons (Fsp3) is 0.273. The van der Waals surface area contributed by atoms with Crippen LogP contribution in [0.25, 0.3) is 0 Å². The molecule has 0 unspecified atom stereocenters. The van der Waals surface area contributed by atoms with Gasteiger partial charge in [0, 0.05) is 4.48 Å². The quantitative estimate of drug-likeness (QED) is 0.878. The van der Waals surface area contributed by atoms with Crippen LogP contribution in [0.5, 0.6) is 5.75 Å². The third-order valence-electron chi connectivity index (χ3n) is 1.77. The summed E-state index contributed by atoms with van der Waals surface area (Å²) in [4.78, 5) is 0. The third-order valence-corrected chi connectivity index (χ3v) is 2.00. The van der Waals surface area contributed by atoms with Gasteiger partial charge in [-0.25, -0.2) is 0 Å². The second kappa shape index (κ2) is 5.83. The van der Waals surface area contributed by atoms with Crippen molar-refractivity contribution in [3.8, 4) is 5.75 Å². The molecule has 0 bridgehead atoms. The second-order valence-corrected chi connectivity index (χ2v) is 4.07. The van der Waals surface area contributed by atoms with E-state index < -0.39 is 0 Å². The summed E-state index contributed by atoms with van der Waals surface area (Å²) in [5, 5.41) is 0. The Morgan fingerprint density at radius 1 is 1.43 bits per heavy atom. The van der Waals surface area contributed by atoms with Gasteiger partial charge in [-0.15, -0.1) is 0 Å². The first-order valence-electron chi connectivity index (χ1n) is 4.48. The maximum Gasteiger partial charge on any atom is 0.123 e. The summed E-state index contributed by atoms with van der Waals surface area (Å²) in [6.07, 6.45) is 0.838. The van der Waals surface area contributed by atoms with Crippen molar-refractivity contribution in [2.75, 3.05) is 13.2 Å². The molecule has 0 radical (unpaired) electrons. The molecule has 0 atom stereocenters. The van der Waals surface area contributed by atoms with E-state index in [9.17, 15) is 0 Å². The summed E-state index contributed by atoms with van der Waals surface area (Å²) in [6, 6.07) is 7.91. The molecule has 0 aliphatic heterocycles. The molecule has 2 N–H and O–H groups in total.